The molecule has 0 aliphatic rings. The second-order valence-corrected chi connectivity index (χ2v) is 8.13. The van der Waals surface area contributed by atoms with E-state index in [9.17, 15) is 4.79 Å². The molecule has 0 atom stereocenters. The number of thioether (sulfide) groups is 1. The average molecular weight is 293 g/mol. The Morgan fingerprint density at radius 1 is 1.10 bits per heavy atom. The number of hydrogen-bond donors (Lipinski definition) is 1. The van der Waals surface area contributed by atoms with E-state index >= 15 is 0 Å². The molecule has 3 heteroatoms. The van der Waals surface area contributed by atoms with E-state index in [0.29, 0.717) is 5.75 Å². The van der Waals surface area contributed by atoms with Crippen molar-refractivity contribution in [2.75, 3.05) is 5.75 Å². The molecule has 0 fully saturated rings. The van der Waals surface area contributed by atoms with Crippen LogP contribution in [0.15, 0.2) is 30.3 Å². The van der Waals surface area contributed by atoms with Gasteiger partial charge in [-0.15, -0.1) is 11.8 Å². The molecule has 1 aromatic carbocycles. The average Bonchev–Trinajstić information content (AvgIpc) is 2.26. The summed E-state index contributed by atoms with van der Waals surface area (Å²) in [6.07, 6.45) is 0.967. The lowest BCUT2D eigenvalue weighted by Crippen LogP contribution is -2.46. The van der Waals surface area contributed by atoms with Crippen LogP contribution in [0.2, 0.25) is 0 Å². The molecule has 0 heterocycles. The van der Waals surface area contributed by atoms with Gasteiger partial charge in [0, 0.05) is 11.3 Å². The van der Waals surface area contributed by atoms with Crippen molar-refractivity contribution in [3.05, 3.63) is 35.9 Å². The first-order valence-electron chi connectivity index (χ1n) is 7.11. The molecule has 0 radical (unpaired) electrons. The first-order valence-corrected chi connectivity index (χ1v) is 8.26. The molecule has 1 amide bonds. The number of carbonyl (C=O) groups excluding carboxylic acids is 1. The number of nitrogens with one attached hydrogen (secondary N) is 1. The third-order valence-corrected chi connectivity index (χ3v) is 3.80. The van der Waals surface area contributed by atoms with Gasteiger partial charge in [0.2, 0.25) is 5.91 Å². The van der Waals surface area contributed by atoms with Gasteiger partial charge in [0.05, 0.1) is 5.75 Å². The summed E-state index contributed by atoms with van der Waals surface area (Å²) in [6, 6.07) is 10.3. The highest BCUT2D eigenvalue weighted by atomic mass is 32.2. The van der Waals surface area contributed by atoms with Gasteiger partial charge in [0.25, 0.3) is 0 Å². The molecule has 0 aliphatic heterocycles. The zero-order valence-electron chi connectivity index (χ0n) is 13.3. The van der Waals surface area contributed by atoms with E-state index in [2.05, 4.69) is 52.1 Å². The van der Waals surface area contributed by atoms with Crippen molar-refractivity contribution < 1.29 is 4.79 Å². The van der Waals surface area contributed by atoms with Gasteiger partial charge in [-0.3, -0.25) is 4.79 Å². The topological polar surface area (TPSA) is 29.1 Å². The lowest BCUT2D eigenvalue weighted by atomic mass is 9.82. The van der Waals surface area contributed by atoms with Gasteiger partial charge in [-0.25, -0.2) is 0 Å². The van der Waals surface area contributed by atoms with Crippen LogP contribution in [0.4, 0.5) is 0 Å². The van der Waals surface area contributed by atoms with Gasteiger partial charge >= 0.3 is 0 Å². The Morgan fingerprint density at radius 3 is 2.25 bits per heavy atom. The summed E-state index contributed by atoms with van der Waals surface area (Å²) in [5, 5.41) is 3.14. The fourth-order valence-electron chi connectivity index (χ4n) is 2.62. The van der Waals surface area contributed by atoms with Crippen molar-refractivity contribution in [1.29, 1.82) is 0 Å². The largest absolute Gasteiger partial charge is 0.350 e. The normalized spacial score (nSPS) is 12.2. The van der Waals surface area contributed by atoms with Gasteiger partial charge in [-0.05, 0) is 31.2 Å². The third-order valence-electron chi connectivity index (χ3n) is 2.79. The monoisotopic (exact) mass is 293 g/mol. The second kappa shape index (κ2) is 7.16. The molecule has 2 nitrogen and oxygen atoms in total. The molecule has 0 spiro atoms. The summed E-state index contributed by atoms with van der Waals surface area (Å²) in [7, 11) is 0. The highest BCUT2D eigenvalue weighted by molar-refractivity contribution is 7.99. The molecule has 1 rings (SSSR count). The van der Waals surface area contributed by atoms with Crippen LogP contribution in [0, 0.1) is 5.41 Å². The Balaban J connectivity index is 2.33. The van der Waals surface area contributed by atoms with Crippen LogP contribution < -0.4 is 5.32 Å². The Morgan fingerprint density at radius 2 is 1.70 bits per heavy atom. The number of carbonyl (C=O) groups is 1. The van der Waals surface area contributed by atoms with Crippen LogP contribution in [0.5, 0.6) is 0 Å². The molecule has 0 aromatic heterocycles. The first-order chi connectivity index (χ1) is 9.18. The standard InChI is InChI=1S/C17H27NOS/c1-16(2,3)13-17(4,5)18-15(19)12-20-11-14-9-7-6-8-10-14/h6-10H,11-13H2,1-5H3,(H,18,19). The minimum absolute atomic E-state index is 0.125. The number of hydrogen-bond acceptors (Lipinski definition) is 2. The molecule has 20 heavy (non-hydrogen) atoms. The van der Waals surface area contributed by atoms with Gasteiger partial charge in [-0.1, -0.05) is 51.1 Å². The zero-order chi connectivity index (χ0) is 15.2. The van der Waals surface area contributed by atoms with Crippen molar-refractivity contribution in [2.45, 2.75) is 52.3 Å². The van der Waals surface area contributed by atoms with Crippen LogP contribution >= 0.6 is 11.8 Å². The van der Waals surface area contributed by atoms with E-state index in [4.69, 9.17) is 0 Å². The fourth-order valence-corrected chi connectivity index (χ4v) is 3.41. The number of rotatable bonds is 6. The Kier molecular flexibility index (Phi) is 6.12. The van der Waals surface area contributed by atoms with E-state index in [1.54, 1.807) is 11.8 Å². The lowest BCUT2D eigenvalue weighted by Gasteiger charge is -2.33. The smallest absolute Gasteiger partial charge is 0.230 e. The summed E-state index contributed by atoms with van der Waals surface area (Å²) < 4.78 is 0. The van der Waals surface area contributed by atoms with E-state index in [0.717, 1.165) is 12.2 Å². The van der Waals surface area contributed by atoms with E-state index in [1.807, 2.05) is 18.2 Å². The quantitative estimate of drug-likeness (QED) is 0.849. The SMILES string of the molecule is CC(C)(C)CC(C)(C)NC(=O)CSCc1ccccc1. The third kappa shape index (κ3) is 7.59. The van der Waals surface area contributed by atoms with E-state index in [-0.39, 0.29) is 16.9 Å². The second-order valence-electron chi connectivity index (χ2n) is 7.15. The summed E-state index contributed by atoms with van der Waals surface area (Å²) in [4.78, 5) is 12.0. The molecule has 1 N–H and O–H groups in total. The Hall–Kier alpha value is -0.960. The van der Waals surface area contributed by atoms with E-state index < -0.39 is 0 Å². The summed E-state index contributed by atoms with van der Waals surface area (Å²) in [6.45, 7) is 10.8. The predicted octanol–water partition coefficient (Wildman–Crippen LogP) is 4.25. The Bertz CT molecular complexity index is 420. The van der Waals surface area contributed by atoms with Crippen LogP contribution in [0.3, 0.4) is 0 Å². The number of amides is 1. The fraction of sp³-hybridized carbons (Fsp3) is 0.588. The van der Waals surface area contributed by atoms with Crippen molar-refractivity contribution in [3.8, 4) is 0 Å². The van der Waals surface area contributed by atoms with Crippen molar-refractivity contribution in [3.63, 3.8) is 0 Å². The molecular formula is C17H27NOS. The molecule has 0 saturated heterocycles. The van der Waals surface area contributed by atoms with Crippen LogP contribution in [-0.2, 0) is 10.5 Å². The van der Waals surface area contributed by atoms with Crippen LogP contribution in [0.25, 0.3) is 0 Å². The predicted molar refractivity (Wildman–Crippen MR) is 88.9 cm³/mol. The first kappa shape index (κ1) is 17.1. The maximum Gasteiger partial charge on any atom is 0.230 e. The van der Waals surface area contributed by atoms with Crippen LogP contribution in [0.1, 0.15) is 46.6 Å². The minimum atomic E-state index is -0.150. The highest BCUT2D eigenvalue weighted by Crippen LogP contribution is 2.26. The van der Waals surface area contributed by atoms with E-state index in [1.165, 1.54) is 5.56 Å². The van der Waals surface area contributed by atoms with Crippen LogP contribution in [-0.4, -0.2) is 17.2 Å². The lowest BCUT2D eigenvalue weighted by molar-refractivity contribution is -0.120. The van der Waals surface area contributed by atoms with Crippen molar-refractivity contribution >= 4 is 17.7 Å². The molecule has 0 unspecified atom stereocenters. The molecule has 0 saturated carbocycles. The zero-order valence-corrected chi connectivity index (χ0v) is 14.1. The minimum Gasteiger partial charge on any atom is -0.350 e. The number of benzene rings is 1. The van der Waals surface area contributed by atoms with Crippen molar-refractivity contribution in [2.24, 2.45) is 5.41 Å². The van der Waals surface area contributed by atoms with Gasteiger partial charge < -0.3 is 5.32 Å². The Labute approximate surface area is 127 Å². The summed E-state index contributed by atoms with van der Waals surface area (Å²) >= 11 is 1.66. The highest BCUT2D eigenvalue weighted by Gasteiger charge is 2.26. The van der Waals surface area contributed by atoms with Gasteiger partial charge in [-0.2, -0.15) is 0 Å². The maximum atomic E-state index is 12.0. The molecule has 112 valence electrons. The summed E-state index contributed by atoms with van der Waals surface area (Å²) in [5.74, 6) is 1.52. The molecule has 1 aromatic rings. The van der Waals surface area contributed by atoms with Gasteiger partial charge in [0.1, 0.15) is 0 Å². The summed E-state index contributed by atoms with van der Waals surface area (Å²) in [5.41, 5.74) is 1.33. The molecule has 0 bridgehead atoms. The van der Waals surface area contributed by atoms with Gasteiger partial charge in [0.15, 0.2) is 0 Å². The molecular weight excluding hydrogens is 266 g/mol. The van der Waals surface area contributed by atoms with Crippen molar-refractivity contribution in [1.82, 2.24) is 5.32 Å². The maximum absolute atomic E-state index is 12.0. The molecule has 0 aliphatic carbocycles.